The second kappa shape index (κ2) is 11.4. The van der Waals surface area contributed by atoms with Crippen LogP contribution in [0.3, 0.4) is 0 Å². The lowest BCUT2D eigenvalue weighted by Gasteiger charge is -2.28. The molecule has 1 heterocycles. The van der Waals surface area contributed by atoms with Crippen molar-refractivity contribution in [2.75, 3.05) is 18.4 Å². The molecule has 9 heteroatoms. The van der Waals surface area contributed by atoms with Crippen LogP contribution in [0.4, 0.5) is 5.69 Å². The van der Waals surface area contributed by atoms with E-state index in [1.54, 1.807) is 48.5 Å². The topological polar surface area (TPSA) is 110 Å². The van der Waals surface area contributed by atoms with Crippen LogP contribution >= 0.6 is 0 Å². The molecule has 0 radical (unpaired) electrons. The van der Waals surface area contributed by atoms with Crippen LogP contribution in [0.5, 0.6) is 0 Å². The fourth-order valence-corrected chi connectivity index (χ4v) is 5.30. The lowest BCUT2D eigenvalue weighted by atomic mass is 9.99. The number of carbonyl (C=O) groups excluding carboxylic acids is 1. The number of ether oxygens (including phenoxy) is 1. The van der Waals surface area contributed by atoms with Gasteiger partial charge in [-0.2, -0.15) is 0 Å². The standard InChI is InChI=1S/C29H33N3O5S/c1-29(2,15-17-32-16-14-21-12-13-23(19-26(21)32)28(34)37-3)30-20-27(33)22-8-7-9-24(18-22)31-38(35,36)25-10-5-4-6-11-25/h4-14,16,18-19,27,30-31,33H,15,17,20H2,1-3H3/t27-/m1/s1. The Labute approximate surface area is 223 Å². The van der Waals surface area contributed by atoms with Crippen molar-refractivity contribution in [2.24, 2.45) is 0 Å². The monoisotopic (exact) mass is 535 g/mol. The van der Waals surface area contributed by atoms with E-state index in [9.17, 15) is 18.3 Å². The van der Waals surface area contributed by atoms with Crippen LogP contribution in [-0.2, 0) is 21.3 Å². The Bertz CT molecular complexity index is 1510. The number of carbonyl (C=O) groups is 1. The molecule has 200 valence electrons. The summed E-state index contributed by atoms with van der Waals surface area (Å²) in [5, 5.41) is 15.3. The smallest absolute Gasteiger partial charge is 0.337 e. The molecule has 0 amide bonds. The van der Waals surface area contributed by atoms with Crippen LogP contribution in [0.1, 0.15) is 42.3 Å². The lowest BCUT2D eigenvalue weighted by molar-refractivity contribution is 0.0601. The Morgan fingerprint density at radius 2 is 1.79 bits per heavy atom. The number of anilines is 1. The third kappa shape index (κ3) is 6.61. The molecular formula is C29H33N3O5S. The summed E-state index contributed by atoms with van der Waals surface area (Å²) in [6.45, 7) is 5.13. The molecule has 3 N–H and O–H groups in total. The summed E-state index contributed by atoms with van der Waals surface area (Å²) in [6.07, 6.45) is 1.94. The van der Waals surface area contributed by atoms with Crippen LogP contribution in [0, 0.1) is 0 Å². The number of rotatable bonds is 11. The van der Waals surface area contributed by atoms with Crippen molar-refractivity contribution in [3.05, 3.63) is 96.2 Å². The third-order valence-electron chi connectivity index (χ3n) is 6.52. The number of nitrogens with one attached hydrogen (secondary N) is 2. The summed E-state index contributed by atoms with van der Waals surface area (Å²) in [4.78, 5) is 12.1. The van der Waals surface area contributed by atoms with Gasteiger partial charge in [0, 0.05) is 36.0 Å². The van der Waals surface area contributed by atoms with Gasteiger partial charge in [0.05, 0.1) is 23.7 Å². The van der Waals surface area contributed by atoms with Gasteiger partial charge in [-0.05, 0) is 73.7 Å². The molecule has 0 unspecified atom stereocenters. The van der Waals surface area contributed by atoms with Gasteiger partial charge in [-0.25, -0.2) is 13.2 Å². The number of aliphatic hydroxyl groups is 1. The minimum atomic E-state index is -3.72. The molecule has 1 aromatic heterocycles. The van der Waals surface area contributed by atoms with Crippen LogP contribution in [0.15, 0.2) is 90.0 Å². The maximum Gasteiger partial charge on any atom is 0.337 e. The fourth-order valence-electron chi connectivity index (χ4n) is 4.23. The maximum absolute atomic E-state index is 12.6. The van der Waals surface area contributed by atoms with Crippen LogP contribution in [0.25, 0.3) is 10.9 Å². The highest BCUT2D eigenvalue weighted by molar-refractivity contribution is 7.92. The molecule has 0 aliphatic heterocycles. The van der Waals surface area contributed by atoms with Gasteiger partial charge in [0.15, 0.2) is 0 Å². The van der Waals surface area contributed by atoms with E-state index in [-0.39, 0.29) is 16.4 Å². The van der Waals surface area contributed by atoms with Crippen molar-refractivity contribution < 1.29 is 23.1 Å². The van der Waals surface area contributed by atoms with Gasteiger partial charge in [-0.3, -0.25) is 4.72 Å². The van der Waals surface area contributed by atoms with E-state index in [0.29, 0.717) is 29.9 Å². The Morgan fingerprint density at radius 3 is 2.53 bits per heavy atom. The van der Waals surface area contributed by atoms with Crippen molar-refractivity contribution in [2.45, 2.75) is 43.4 Å². The van der Waals surface area contributed by atoms with Gasteiger partial charge in [-0.1, -0.05) is 36.4 Å². The van der Waals surface area contributed by atoms with Crippen molar-refractivity contribution in [3.63, 3.8) is 0 Å². The first-order chi connectivity index (χ1) is 18.1. The number of methoxy groups -OCH3 is 1. The Morgan fingerprint density at radius 1 is 1.03 bits per heavy atom. The zero-order chi connectivity index (χ0) is 27.3. The Kier molecular flexibility index (Phi) is 8.20. The van der Waals surface area contributed by atoms with Crippen molar-refractivity contribution in [1.29, 1.82) is 0 Å². The molecule has 0 spiro atoms. The largest absolute Gasteiger partial charge is 0.465 e. The Balaban J connectivity index is 1.37. The first kappa shape index (κ1) is 27.4. The predicted molar refractivity (Wildman–Crippen MR) is 149 cm³/mol. The number of fused-ring (bicyclic) bond motifs is 1. The van der Waals surface area contributed by atoms with E-state index in [0.717, 1.165) is 17.3 Å². The zero-order valence-electron chi connectivity index (χ0n) is 21.7. The maximum atomic E-state index is 12.6. The average Bonchev–Trinajstić information content (AvgIpc) is 3.33. The third-order valence-corrected chi connectivity index (χ3v) is 7.92. The van der Waals surface area contributed by atoms with Crippen molar-refractivity contribution >= 4 is 32.6 Å². The quantitative estimate of drug-likeness (QED) is 0.240. The van der Waals surface area contributed by atoms with E-state index in [1.807, 2.05) is 24.4 Å². The summed E-state index contributed by atoms with van der Waals surface area (Å²) in [5.41, 5.74) is 2.15. The van der Waals surface area contributed by atoms with E-state index < -0.39 is 16.1 Å². The fraction of sp³-hybridized carbons (Fsp3) is 0.276. The van der Waals surface area contributed by atoms with Crippen LogP contribution in [0.2, 0.25) is 0 Å². The molecule has 3 aromatic carbocycles. The van der Waals surface area contributed by atoms with Gasteiger partial charge in [0.1, 0.15) is 0 Å². The number of hydrogen-bond donors (Lipinski definition) is 3. The minimum absolute atomic E-state index is 0.173. The number of nitrogens with zero attached hydrogens (tertiary/aromatic N) is 1. The van der Waals surface area contributed by atoms with Gasteiger partial charge in [-0.15, -0.1) is 0 Å². The Hall–Kier alpha value is -3.66. The molecule has 1 atom stereocenters. The molecule has 0 aliphatic carbocycles. The molecule has 4 rings (SSSR count). The summed E-state index contributed by atoms with van der Waals surface area (Å²) < 4.78 is 34.8. The first-order valence-electron chi connectivity index (χ1n) is 12.4. The van der Waals surface area contributed by atoms with Gasteiger partial charge >= 0.3 is 5.97 Å². The molecule has 8 nitrogen and oxygen atoms in total. The number of aliphatic hydroxyl groups excluding tert-OH is 1. The number of hydrogen-bond acceptors (Lipinski definition) is 6. The number of aryl methyl sites for hydroxylation is 1. The predicted octanol–water partition coefficient (Wildman–Crippen LogP) is 4.72. The highest BCUT2D eigenvalue weighted by Gasteiger charge is 2.21. The molecular weight excluding hydrogens is 502 g/mol. The average molecular weight is 536 g/mol. The van der Waals surface area contributed by atoms with E-state index in [1.165, 1.54) is 19.2 Å². The van der Waals surface area contributed by atoms with Crippen molar-refractivity contribution in [1.82, 2.24) is 9.88 Å². The molecule has 0 saturated carbocycles. The number of benzene rings is 3. The molecule has 0 saturated heterocycles. The summed E-state index contributed by atoms with van der Waals surface area (Å²) in [6, 6.07) is 22.4. The summed E-state index contributed by atoms with van der Waals surface area (Å²) in [7, 11) is -2.35. The van der Waals surface area contributed by atoms with Gasteiger partial charge in [0.2, 0.25) is 0 Å². The summed E-state index contributed by atoms with van der Waals surface area (Å²) in [5.74, 6) is -0.368. The second-order valence-electron chi connectivity index (χ2n) is 9.85. The van der Waals surface area contributed by atoms with Gasteiger partial charge in [0.25, 0.3) is 10.0 Å². The highest BCUT2D eigenvalue weighted by Crippen LogP contribution is 2.23. The SMILES string of the molecule is COC(=O)c1ccc2ccn(CCC(C)(C)NC[C@@H](O)c3cccc(NS(=O)(=O)c4ccccc4)c3)c2c1. The van der Waals surface area contributed by atoms with Crippen LogP contribution < -0.4 is 10.0 Å². The number of esters is 1. The lowest BCUT2D eigenvalue weighted by Crippen LogP contribution is -2.42. The summed E-state index contributed by atoms with van der Waals surface area (Å²) >= 11 is 0. The molecule has 0 bridgehead atoms. The van der Waals surface area contributed by atoms with Crippen LogP contribution in [-0.4, -0.2) is 43.3 Å². The first-order valence-corrected chi connectivity index (χ1v) is 13.8. The second-order valence-corrected chi connectivity index (χ2v) is 11.5. The zero-order valence-corrected chi connectivity index (χ0v) is 22.5. The molecule has 38 heavy (non-hydrogen) atoms. The molecule has 0 aliphatic rings. The van der Waals surface area contributed by atoms with E-state index in [4.69, 9.17) is 4.74 Å². The minimum Gasteiger partial charge on any atom is -0.465 e. The van der Waals surface area contributed by atoms with E-state index in [2.05, 4.69) is 28.5 Å². The van der Waals surface area contributed by atoms with Crippen molar-refractivity contribution in [3.8, 4) is 0 Å². The highest BCUT2D eigenvalue weighted by atomic mass is 32.2. The number of sulfonamides is 1. The molecule has 0 fully saturated rings. The van der Waals surface area contributed by atoms with E-state index >= 15 is 0 Å². The van der Waals surface area contributed by atoms with Gasteiger partial charge < -0.3 is 19.7 Å². The number of β-amino-alcohol motifs (C(OH)–C–C–N with tert-alkyl or cyclic N) is 1. The normalized spacial score (nSPS) is 12.8. The molecule has 4 aromatic rings. The number of aromatic nitrogens is 1.